The molecule has 0 radical (unpaired) electrons. The largest absolute Gasteiger partial charge is 0.342 e. The number of rotatable bonds is 3. The van der Waals surface area contributed by atoms with Crippen LogP contribution in [0.3, 0.4) is 0 Å². The van der Waals surface area contributed by atoms with Gasteiger partial charge >= 0.3 is 0 Å². The van der Waals surface area contributed by atoms with Gasteiger partial charge in [0.2, 0.25) is 5.91 Å². The molecule has 0 spiro atoms. The Morgan fingerprint density at radius 1 is 1.05 bits per heavy atom. The summed E-state index contributed by atoms with van der Waals surface area (Å²) in [7, 11) is -2.96. The van der Waals surface area contributed by atoms with Crippen LogP contribution in [-0.2, 0) is 14.6 Å². The maximum absolute atomic E-state index is 12.5. The van der Waals surface area contributed by atoms with E-state index in [9.17, 15) is 13.2 Å². The molecule has 0 unspecified atom stereocenters. The van der Waals surface area contributed by atoms with Crippen LogP contribution in [0, 0.1) is 5.41 Å². The van der Waals surface area contributed by atoms with Gasteiger partial charge in [-0.3, -0.25) is 4.79 Å². The Hall–Kier alpha value is -0.620. The molecule has 1 saturated heterocycles. The van der Waals surface area contributed by atoms with E-state index in [1.807, 2.05) is 0 Å². The van der Waals surface area contributed by atoms with Gasteiger partial charge in [0.1, 0.15) is 0 Å². The first-order valence-electron chi connectivity index (χ1n) is 7.65. The second kappa shape index (κ2) is 6.43. The first kappa shape index (κ1) is 15.8. The molecular weight excluding hydrogens is 276 g/mol. The fraction of sp³-hybridized carbons (Fsp3) is 0.929. The Kier molecular flexibility index (Phi) is 5.07. The normalized spacial score (nSPS) is 25.9. The van der Waals surface area contributed by atoms with E-state index in [-0.39, 0.29) is 22.8 Å². The lowest BCUT2D eigenvalue weighted by Crippen LogP contribution is -2.41. The third kappa shape index (κ3) is 3.95. The third-order valence-electron chi connectivity index (χ3n) is 4.78. The maximum Gasteiger partial charge on any atom is 0.223 e. The minimum Gasteiger partial charge on any atom is -0.342 e. The highest BCUT2D eigenvalue weighted by Gasteiger charge is 2.35. The average Bonchev–Trinajstić information content (AvgIpc) is 2.61. The number of nitrogens with two attached hydrogens (primary N) is 1. The standard InChI is InChI=1S/C14H26N2O3S/c15-12-14(5-2-1-3-6-14)11-13(17)16-7-4-9-20(18,19)10-8-16/h1-12,15H2. The van der Waals surface area contributed by atoms with Gasteiger partial charge in [-0.1, -0.05) is 19.3 Å². The van der Waals surface area contributed by atoms with Crippen molar-refractivity contribution in [2.75, 3.05) is 31.1 Å². The summed E-state index contributed by atoms with van der Waals surface area (Å²) in [5, 5.41) is 0. The number of sulfone groups is 1. The summed E-state index contributed by atoms with van der Waals surface area (Å²) < 4.78 is 23.2. The lowest BCUT2D eigenvalue weighted by atomic mass is 9.71. The molecule has 2 rings (SSSR count). The Balaban J connectivity index is 1.96. The summed E-state index contributed by atoms with van der Waals surface area (Å²) in [5.41, 5.74) is 5.88. The van der Waals surface area contributed by atoms with Gasteiger partial charge < -0.3 is 10.6 Å². The van der Waals surface area contributed by atoms with Crippen LogP contribution in [0.25, 0.3) is 0 Å². The Bertz CT molecular complexity index is 441. The highest BCUT2D eigenvalue weighted by Crippen LogP contribution is 2.38. The quantitative estimate of drug-likeness (QED) is 0.841. The van der Waals surface area contributed by atoms with Crippen molar-refractivity contribution in [1.29, 1.82) is 0 Å². The van der Waals surface area contributed by atoms with Gasteiger partial charge in [-0.2, -0.15) is 0 Å². The second-order valence-corrected chi connectivity index (χ2v) is 8.63. The van der Waals surface area contributed by atoms with Gasteiger partial charge in [0.05, 0.1) is 11.5 Å². The van der Waals surface area contributed by atoms with Crippen LogP contribution < -0.4 is 5.73 Å². The lowest BCUT2D eigenvalue weighted by molar-refractivity contribution is -0.134. The zero-order valence-electron chi connectivity index (χ0n) is 12.1. The van der Waals surface area contributed by atoms with E-state index in [1.165, 1.54) is 6.42 Å². The van der Waals surface area contributed by atoms with Crippen molar-refractivity contribution >= 4 is 15.7 Å². The highest BCUT2D eigenvalue weighted by atomic mass is 32.2. The van der Waals surface area contributed by atoms with Gasteiger partial charge in [-0.25, -0.2) is 8.42 Å². The van der Waals surface area contributed by atoms with E-state index in [0.717, 1.165) is 25.7 Å². The molecule has 1 heterocycles. The molecule has 0 atom stereocenters. The molecule has 1 aliphatic carbocycles. The number of amides is 1. The van der Waals surface area contributed by atoms with Crippen molar-refractivity contribution < 1.29 is 13.2 Å². The molecule has 5 nitrogen and oxygen atoms in total. The van der Waals surface area contributed by atoms with E-state index in [1.54, 1.807) is 4.90 Å². The maximum atomic E-state index is 12.5. The van der Waals surface area contributed by atoms with E-state index in [2.05, 4.69) is 0 Å². The monoisotopic (exact) mass is 302 g/mol. The molecule has 20 heavy (non-hydrogen) atoms. The molecule has 2 aliphatic rings. The topological polar surface area (TPSA) is 80.5 Å². The van der Waals surface area contributed by atoms with Crippen LogP contribution in [0.2, 0.25) is 0 Å². The number of carbonyl (C=O) groups is 1. The Labute approximate surface area is 121 Å². The Morgan fingerprint density at radius 2 is 1.75 bits per heavy atom. The van der Waals surface area contributed by atoms with E-state index in [0.29, 0.717) is 32.5 Å². The van der Waals surface area contributed by atoms with Crippen molar-refractivity contribution in [3.8, 4) is 0 Å². The van der Waals surface area contributed by atoms with Crippen LogP contribution in [-0.4, -0.2) is 50.4 Å². The SMILES string of the molecule is NCC1(CC(=O)N2CCCS(=O)(=O)CC2)CCCCC1. The van der Waals surface area contributed by atoms with Crippen molar-refractivity contribution in [2.45, 2.75) is 44.9 Å². The predicted octanol–water partition coefficient (Wildman–Crippen LogP) is 0.933. The van der Waals surface area contributed by atoms with Crippen molar-refractivity contribution in [1.82, 2.24) is 4.90 Å². The predicted molar refractivity (Wildman–Crippen MR) is 79.0 cm³/mol. The van der Waals surface area contributed by atoms with Crippen molar-refractivity contribution in [3.63, 3.8) is 0 Å². The molecule has 6 heteroatoms. The van der Waals surface area contributed by atoms with Gasteiger partial charge in [-0.15, -0.1) is 0 Å². The fourth-order valence-electron chi connectivity index (χ4n) is 3.38. The summed E-state index contributed by atoms with van der Waals surface area (Å²) >= 11 is 0. The smallest absolute Gasteiger partial charge is 0.223 e. The van der Waals surface area contributed by atoms with E-state index in [4.69, 9.17) is 5.73 Å². The highest BCUT2D eigenvalue weighted by molar-refractivity contribution is 7.91. The Morgan fingerprint density at radius 3 is 2.40 bits per heavy atom. The van der Waals surface area contributed by atoms with Gasteiger partial charge in [-0.05, 0) is 31.2 Å². The molecule has 2 fully saturated rings. The van der Waals surface area contributed by atoms with Crippen molar-refractivity contribution in [2.24, 2.45) is 11.1 Å². The van der Waals surface area contributed by atoms with E-state index < -0.39 is 9.84 Å². The van der Waals surface area contributed by atoms with Gasteiger partial charge in [0.25, 0.3) is 0 Å². The summed E-state index contributed by atoms with van der Waals surface area (Å²) in [6, 6.07) is 0. The summed E-state index contributed by atoms with van der Waals surface area (Å²) in [6.07, 6.45) is 6.64. The van der Waals surface area contributed by atoms with Crippen LogP contribution in [0.5, 0.6) is 0 Å². The summed E-state index contributed by atoms with van der Waals surface area (Å²) in [4.78, 5) is 14.2. The summed E-state index contributed by atoms with van der Waals surface area (Å²) in [5.74, 6) is 0.405. The molecule has 1 amide bonds. The van der Waals surface area contributed by atoms with Crippen molar-refractivity contribution in [3.05, 3.63) is 0 Å². The number of hydrogen-bond acceptors (Lipinski definition) is 4. The first-order valence-corrected chi connectivity index (χ1v) is 9.47. The van der Waals surface area contributed by atoms with Crippen LogP contribution in [0.1, 0.15) is 44.9 Å². The zero-order chi connectivity index (χ0) is 14.6. The average molecular weight is 302 g/mol. The molecule has 1 saturated carbocycles. The van der Waals surface area contributed by atoms with Crippen LogP contribution >= 0.6 is 0 Å². The lowest BCUT2D eigenvalue weighted by Gasteiger charge is -2.37. The number of carbonyl (C=O) groups excluding carboxylic acids is 1. The van der Waals surface area contributed by atoms with E-state index >= 15 is 0 Å². The third-order valence-corrected chi connectivity index (χ3v) is 6.50. The molecule has 0 aromatic rings. The van der Waals surface area contributed by atoms with Crippen LogP contribution in [0.15, 0.2) is 0 Å². The molecule has 2 N–H and O–H groups in total. The zero-order valence-corrected chi connectivity index (χ0v) is 13.0. The fourth-order valence-corrected chi connectivity index (χ4v) is 4.65. The minimum absolute atomic E-state index is 0.0412. The molecule has 0 bridgehead atoms. The molecule has 0 aromatic heterocycles. The summed E-state index contributed by atoms with van der Waals surface area (Å²) in [6.45, 7) is 1.48. The molecule has 116 valence electrons. The molecule has 0 aromatic carbocycles. The van der Waals surface area contributed by atoms with Gasteiger partial charge in [0.15, 0.2) is 9.84 Å². The second-order valence-electron chi connectivity index (χ2n) is 6.33. The number of hydrogen-bond donors (Lipinski definition) is 1. The van der Waals surface area contributed by atoms with Crippen LogP contribution in [0.4, 0.5) is 0 Å². The minimum atomic E-state index is -2.96. The molecule has 1 aliphatic heterocycles. The first-order chi connectivity index (χ1) is 9.46. The number of nitrogens with zero attached hydrogens (tertiary/aromatic N) is 1. The molecular formula is C14H26N2O3S. The van der Waals surface area contributed by atoms with Gasteiger partial charge in [0, 0.05) is 19.5 Å².